The minimum Gasteiger partial charge on any atom is -0.356 e. The van der Waals surface area contributed by atoms with Crippen LogP contribution in [0.25, 0.3) is 0 Å². The molecule has 1 aromatic rings. The van der Waals surface area contributed by atoms with E-state index in [-0.39, 0.29) is 5.91 Å². The fourth-order valence-corrected chi connectivity index (χ4v) is 3.63. The Labute approximate surface area is 171 Å². The van der Waals surface area contributed by atoms with Crippen LogP contribution in [0.5, 0.6) is 0 Å². The van der Waals surface area contributed by atoms with Crippen LogP contribution in [0.15, 0.2) is 33.7 Å². The first-order valence-corrected chi connectivity index (χ1v) is 10.6. The lowest BCUT2D eigenvalue weighted by molar-refractivity contribution is 0.0953. The van der Waals surface area contributed by atoms with E-state index < -0.39 is 0 Å². The molecule has 1 aliphatic rings. The Morgan fingerprint density at radius 1 is 1.26 bits per heavy atom. The molecule has 1 aliphatic heterocycles. The monoisotopic (exact) mass is 437 g/mol. The summed E-state index contributed by atoms with van der Waals surface area (Å²) in [6.45, 7) is 7.15. The molecule has 27 heavy (non-hydrogen) atoms. The van der Waals surface area contributed by atoms with Crippen LogP contribution in [-0.2, 0) is 0 Å². The fraction of sp³-hybridized carbons (Fsp3) is 0.600. The predicted octanol–water partition coefficient (Wildman–Crippen LogP) is 2.61. The molecule has 7 heteroatoms. The summed E-state index contributed by atoms with van der Waals surface area (Å²) in [5.41, 5.74) is 0.671. The number of nitrogens with one attached hydrogen (secondary N) is 3. The first-order valence-electron chi connectivity index (χ1n) is 9.85. The summed E-state index contributed by atoms with van der Waals surface area (Å²) in [6.07, 6.45) is 4.38. The third-order valence-electron chi connectivity index (χ3n) is 4.71. The SMILES string of the molecule is CCCN1CCC(NC(=NC)NCCCNC(=O)c2cccc(Br)c2)CC1. The maximum atomic E-state index is 12.1. The Morgan fingerprint density at radius 3 is 2.67 bits per heavy atom. The van der Waals surface area contributed by atoms with Crippen molar-refractivity contribution in [3.8, 4) is 0 Å². The highest BCUT2D eigenvalue weighted by Crippen LogP contribution is 2.11. The number of benzene rings is 1. The Morgan fingerprint density at radius 2 is 2.00 bits per heavy atom. The molecule has 0 saturated carbocycles. The Bertz CT molecular complexity index is 614. The molecule has 2 rings (SSSR count). The van der Waals surface area contributed by atoms with Gasteiger partial charge in [0.25, 0.3) is 5.91 Å². The molecule has 1 fully saturated rings. The van der Waals surface area contributed by atoms with Crippen molar-refractivity contribution in [1.29, 1.82) is 0 Å². The van der Waals surface area contributed by atoms with E-state index in [4.69, 9.17) is 0 Å². The summed E-state index contributed by atoms with van der Waals surface area (Å²) in [5.74, 6) is 0.805. The molecule has 0 spiro atoms. The maximum absolute atomic E-state index is 12.1. The van der Waals surface area contributed by atoms with E-state index in [1.807, 2.05) is 24.3 Å². The van der Waals surface area contributed by atoms with E-state index in [9.17, 15) is 4.79 Å². The number of amides is 1. The largest absolute Gasteiger partial charge is 0.356 e. The second kappa shape index (κ2) is 12.0. The molecule has 0 bridgehead atoms. The number of hydrogen-bond acceptors (Lipinski definition) is 3. The van der Waals surface area contributed by atoms with E-state index in [1.165, 1.54) is 13.0 Å². The molecule has 6 nitrogen and oxygen atoms in total. The van der Waals surface area contributed by atoms with Crippen molar-refractivity contribution in [1.82, 2.24) is 20.9 Å². The molecule has 0 atom stereocenters. The summed E-state index contributed by atoms with van der Waals surface area (Å²) in [7, 11) is 1.80. The van der Waals surface area contributed by atoms with Crippen LogP contribution >= 0.6 is 15.9 Å². The maximum Gasteiger partial charge on any atom is 0.251 e. The molecular formula is C20H32BrN5O. The average Bonchev–Trinajstić information content (AvgIpc) is 2.68. The van der Waals surface area contributed by atoms with Gasteiger partial charge < -0.3 is 20.9 Å². The molecule has 0 unspecified atom stereocenters. The van der Waals surface area contributed by atoms with Crippen molar-refractivity contribution in [2.45, 2.75) is 38.6 Å². The normalized spacial score (nSPS) is 16.2. The smallest absolute Gasteiger partial charge is 0.251 e. The van der Waals surface area contributed by atoms with E-state index >= 15 is 0 Å². The molecule has 150 valence electrons. The first-order chi connectivity index (χ1) is 13.1. The van der Waals surface area contributed by atoms with Gasteiger partial charge in [0.15, 0.2) is 5.96 Å². The van der Waals surface area contributed by atoms with Gasteiger partial charge >= 0.3 is 0 Å². The van der Waals surface area contributed by atoms with Gasteiger partial charge in [-0.25, -0.2) is 0 Å². The summed E-state index contributed by atoms with van der Waals surface area (Å²) in [4.78, 5) is 18.9. The highest BCUT2D eigenvalue weighted by Gasteiger charge is 2.19. The first kappa shape index (κ1) is 21.7. The summed E-state index contributed by atoms with van der Waals surface area (Å²) in [5, 5.41) is 9.81. The quantitative estimate of drug-likeness (QED) is 0.332. The molecular weight excluding hydrogens is 406 g/mol. The Hall–Kier alpha value is -1.60. The number of piperidine rings is 1. The number of carbonyl (C=O) groups excluding carboxylic acids is 1. The predicted molar refractivity (Wildman–Crippen MR) is 115 cm³/mol. The number of guanidine groups is 1. The number of hydrogen-bond donors (Lipinski definition) is 3. The fourth-order valence-electron chi connectivity index (χ4n) is 3.23. The number of rotatable bonds is 8. The number of nitrogens with zero attached hydrogens (tertiary/aromatic N) is 2. The van der Waals surface area contributed by atoms with Crippen LogP contribution < -0.4 is 16.0 Å². The summed E-state index contributed by atoms with van der Waals surface area (Å²) < 4.78 is 0.909. The van der Waals surface area contributed by atoms with Crippen molar-refractivity contribution in [2.24, 2.45) is 4.99 Å². The molecule has 1 amide bonds. The third kappa shape index (κ3) is 7.89. The second-order valence-electron chi connectivity index (χ2n) is 6.88. The highest BCUT2D eigenvalue weighted by molar-refractivity contribution is 9.10. The standard InChI is InChI=1S/C20H32BrN5O/c1-3-12-26-13-8-18(9-14-26)25-20(22-2)24-11-5-10-23-19(27)16-6-4-7-17(21)15-16/h4,6-7,15,18H,3,5,8-14H2,1-2H3,(H,23,27)(H2,22,24,25). The number of aliphatic imine (C=N–C) groups is 1. The average molecular weight is 438 g/mol. The zero-order chi connectivity index (χ0) is 19.5. The van der Waals surface area contributed by atoms with Crippen LogP contribution in [0.1, 0.15) is 43.0 Å². The lowest BCUT2D eigenvalue weighted by atomic mass is 10.1. The van der Waals surface area contributed by atoms with Crippen LogP contribution in [0.3, 0.4) is 0 Å². The van der Waals surface area contributed by atoms with Crippen LogP contribution in [0, 0.1) is 0 Å². The topological polar surface area (TPSA) is 68.8 Å². The van der Waals surface area contributed by atoms with Gasteiger partial charge in [0, 0.05) is 49.3 Å². The second-order valence-corrected chi connectivity index (χ2v) is 7.79. The van der Waals surface area contributed by atoms with Crippen molar-refractivity contribution >= 4 is 27.8 Å². The lowest BCUT2D eigenvalue weighted by Crippen LogP contribution is -2.49. The van der Waals surface area contributed by atoms with Gasteiger partial charge in [-0.1, -0.05) is 28.9 Å². The van der Waals surface area contributed by atoms with Gasteiger partial charge in [-0.2, -0.15) is 0 Å². The number of carbonyl (C=O) groups is 1. The minimum absolute atomic E-state index is 0.0438. The van der Waals surface area contributed by atoms with Gasteiger partial charge in [0.05, 0.1) is 0 Å². The highest BCUT2D eigenvalue weighted by atomic mass is 79.9. The van der Waals surface area contributed by atoms with Gasteiger partial charge in [-0.3, -0.25) is 9.79 Å². The molecule has 1 heterocycles. The van der Waals surface area contributed by atoms with Gasteiger partial charge in [-0.15, -0.1) is 0 Å². The summed E-state index contributed by atoms with van der Waals surface area (Å²) in [6, 6.07) is 7.90. The summed E-state index contributed by atoms with van der Waals surface area (Å²) >= 11 is 3.39. The molecule has 1 aromatic carbocycles. The molecule has 0 radical (unpaired) electrons. The van der Waals surface area contributed by atoms with E-state index in [0.717, 1.165) is 49.3 Å². The Kier molecular flexibility index (Phi) is 9.62. The number of likely N-dealkylation sites (tertiary alicyclic amines) is 1. The Balaban J connectivity index is 1.60. The van der Waals surface area contributed by atoms with Gasteiger partial charge in [0.2, 0.25) is 0 Å². The zero-order valence-corrected chi connectivity index (χ0v) is 18.0. The molecule has 3 N–H and O–H groups in total. The van der Waals surface area contributed by atoms with Crippen molar-refractivity contribution in [2.75, 3.05) is 39.8 Å². The van der Waals surface area contributed by atoms with Gasteiger partial charge in [0.1, 0.15) is 0 Å². The molecule has 0 aromatic heterocycles. The van der Waals surface area contributed by atoms with E-state index in [1.54, 1.807) is 7.05 Å². The lowest BCUT2D eigenvalue weighted by Gasteiger charge is -2.32. The molecule has 0 aliphatic carbocycles. The van der Waals surface area contributed by atoms with Crippen LogP contribution in [-0.4, -0.2) is 62.6 Å². The van der Waals surface area contributed by atoms with E-state index in [2.05, 4.69) is 48.7 Å². The third-order valence-corrected chi connectivity index (χ3v) is 5.20. The number of halogens is 1. The van der Waals surface area contributed by atoms with Crippen LogP contribution in [0.4, 0.5) is 0 Å². The minimum atomic E-state index is -0.0438. The van der Waals surface area contributed by atoms with Crippen molar-refractivity contribution < 1.29 is 4.79 Å². The van der Waals surface area contributed by atoms with Gasteiger partial charge in [-0.05, 0) is 50.4 Å². The van der Waals surface area contributed by atoms with Crippen molar-refractivity contribution in [3.63, 3.8) is 0 Å². The van der Waals surface area contributed by atoms with Crippen molar-refractivity contribution in [3.05, 3.63) is 34.3 Å². The van der Waals surface area contributed by atoms with E-state index in [0.29, 0.717) is 18.2 Å². The molecule has 1 saturated heterocycles. The zero-order valence-electron chi connectivity index (χ0n) is 16.4. The van der Waals surface area contributed by atoms with Crippen LogP contribution in [0.2, 0.25) is 0 Å².